The smallest absolute Gasteiger partial charge is 0.150 e. The number of para-hydroxylation sites is 1. The Morgan fingerprint density at radius 3 is 2.76 bits per heavy atom. The molecule has 1 aliphatic heterocycles. The highest BCUT2D eigenvalue weighted by Crippen LogP contribution is 2.40. The average molecular weight is 475 g/mol. The second-order valence-corrected chi connectivity index (χ2v) is 10.9. The molecule has 1 unspecified atom stereocenters. The fraction of sp³-hybridized carbons (Fsp3) is 0.333. The van der Waals surface area contributed by atoms with E-state index >= 15 is 0 Å². The minimum absolute atomic E-state index is 0.316. The van der Waals surface area contributed by atoms with E-state index in [0.29, 0.717) is 40.4 Å². The van der Waals surface area contributed by atoms with Gasteiger partial charge in [0.25, 0.3) is 0 Å². The maximum Gasteiger partial charge on any atom is 0.150 e. The van der Waals surface area contributed by atoms with Crippen LogP contribution in [0.2, 0.25) is 0 Å². The molecule has 7 heteroatoms. The molecular formula is C27H27FN4OS. The van der Waals surface area contributed by atoms with Gasteiger partial charge in [-0.1, -0.05) is 24.3 Å². The third-order valence-electron chi connectivity index (χ3n) is 7.20. The van der Waals surface area contributed by atoms with E-state index < -0.39 is 10.8 Å². The molecule has 2 aliphatic rings. The lowest BCUT2D eigenvalue weighted by Crippen LogP contribution is -2.17. The summed E-state index contributed by atoms with van der Waals surface area (Å²) in [6.45, 7) is 0. The third-order valence-corrected chi connectivity index (χ3v) is 8.66. The quantitative estimate of drug-likeness (QED) is 0.371. The number of halogens is 1. The van der Waals surface area contributed by atoms with Gasteiger partial charge in [-0.3, -0.25) is 4.21 Å². The van der Waals surface area contributed by atoms with Crippen LogP contribution in [0.25, 0.3) is 10.9 Å². The van der Waals surface area contributed by atoms with Crippen molar-refractivity contribution in [2.45, 2.75) is 49.3 Å². The van der Waals surface area contributed by atoms with Crippen molar-refractivity contribution in [3.05, 3.63) is 77.6 Å². The van der Waals surface area contributed by atoms with Crippen LogP contribution in [0.3, 0.4) is 0 Å². The van der Waals surface area contributed by atoms with Crippen LogP contribution in [0.4, 0.5) is 15.9 Å². The molecule has 5 nitrogen and oxygen atoms in total. The van der Waals surface area contributed by atoms with Crippen molar-refractivity contribution in [3.63, 3.8) is 0 Å². The summed E-state index contributed by atoms with van der Waals surface area (Å²) in [4.78, 5) is 13.7. The van der Waals surface area contributed by atoms with E-state index in [-0.39, 0.29) is 5.82 Å². The van der Waals surface area contributed by atoms with Crippen molar-refractivity contribution in [3.8, 4) is 0 Å². The second kappa shape index (κ2) is 8.95. The molecule has 34 heavy (non-hydrogen) atoms. The Balaban J connectivity index is 1.19. The standard InChI is InChI=1S/C27H27FN4OS/c28-19-4-3-5-20(15-19)30-27-26-24(12-13-34(26)33)31-25(32-27)14-17-8-10-18(11-9-17)22-16-29-23-7-2-1-6-21(22)23/h1-7,15-18,29H,8-14H2,(H,30,31,32). The first-order chi connectivity index (χ1) is 16.6. The lowest BCUT2D eigenvalue weighted by molar-refractivity contribution is 0.321. The molecule has 2 N–H and O–H groups in total. The summed E-state index contributed by atoms with van der Waals surface area (Å²) in [6, 6.07) is 14.8. The fourth-order valence-corrected chi connectivity index (χ4v) is 6.80. The number of nitrogens with zero attached hydrogens (tertiary/aromatic N) is 2. The zero-order valence-corrected chi connectivity index (χ0v) is 19.7. The highest BCUT2D eigenvalue weighted by molar-refractivity contribution is 7.85. The highest BCUT2D eigenvalue weighted by Gasteiger charge is 2.28. The summed E-state index contributed by atoms with van der Waals surface area (Å²) in [5.74, 6) is 2.74. The Bertz CT molecular complexity index is 1380. The Morgan fingerprint density at radius 2 is 1.91 bits per heavy atom. The van der Waals surface area contributed by atoms with Crippen LogP contribution in [0.15, 0.2) is 59.6 Å². The van der Waals surface area contributed by atoms with Crippen LogP contribution in [-0.2, 0) is 23.6 Å². The van der Waals surface area contributed by atoms with Crippen molar-refractivity contribution in [1.29, 1.82) is 0 Å². The van der Waals surface area contributed by atoms with Crippen molar-refractivity contribution < 1.29 is 8.60 Å². The Labute approximate surface area is 200 Å². The Hall–Kier alpha value is -3.06. The minimum atomic E-state index is -1.12. The topological polar surface area (TPSA) is 70.7 Å². The maximum atomic E-state index is 13.7. The summed E-state index contributed by atoms with van der Waals surface area (Å²) in [5, 5.41) is 4.55. The number of fused-ring (bicyclic) bond motifs is 2. The van der Waals surface area contributed by atoms with Crippen molar-refractivity contribution >= 4 is 33.2 Å². The van der Waals surface area contributed by atoms with Crippen LogP contribution in [-0.4, -0.2) is 24.9 Å². The zero-order valence-electron chi connectivity index (χ0n) is 18.9. The normalized spacial score (nSPS) is 22.1. The lowest BCUT2D eigenvalue weighted by atomic mass is 9.77. The van der Waals surface area contributed by atoms with E-state index in [0.717, 1.165) is 43.6 Å². The number of hydrogen-bond donors (Lipinski definition) is 2. The molecule has 0 bridgehead atoms. The van der Waals surface area contributed by atoms with Crippen molar-refractivity contribution in [2.75, 3.05) is 11.1 Å². The number of hydrogen-bond acceptors (Lipinski definition) is 4. The molecule has 0 radical (unpaired) electrons. The molecule has 2 aromatic heterocycles. The lowest BCUT2D eigenvalue weighted by Gasteiger charge is -2.28. The van der Waals surface area contributed by atoms with Crippen molar-refractivity contribution in [2.24, 2.45) is 5.92 Å². The van der Waals surface area contributed by atoms with Gasteiger partial charge < -0.3 is 10.3 Å². The molecule has 0 spiro atoms. The SMILES string of the molecule is O=S1CCc2nc(CC3CCC(c4c[nH]c5ccccc45)CC3)nc(Nc3cccc(F)c3)c21. The minimum Gasteiger partial charge on any atom is -0.361 e. The number of aromatic amines is 1. The van der Waals surface area contributed by atoms with Gasteiger partial charge in [0.1, 0.15) is 16.5 Å². The monoisotopic (exact) mass is 474 g/mol. The molecule has 1 fully saturated rings. The summed E-state index contributed by atoms with van der Waals surface area (Å²) in [7, 11) is -1.12. The molecule has 1 aliphatic carbocycles. The van der Waals surface area contributed by atoms with E-state index in [1.807, 2.05) is 0 Å². The van der Waals surface area contributed by atoms with Crippen LogP contribution in [0.1, 0.15) is 48.7 Å². The molecule has 1 saturated carbocycles. The molecule has 4 aromatic rings. The highest BCUT2D eigenvalue weighted by atomic mass is 32.2. The average Bonchev–Trinajstić information content (AvgIpc) is 3.44. The summed E-state index contributed by atoms with van der Waals surface area (Å²) in [6.07, 6.45) is 8.31. The molecule has 174 valence electrons. The summed E-state index contributed by atoms with van der Waals surface area (Å²) >= 11 is 0. The number of H-pyrrole nitrogens is 1. The van der Waals surface area contributed by atoms with Gasteiger partial charge in [-0.2, -0.15) is 0 Å². The molecule has 3 heterocycles. The number of benzene rings is 2. The van der Waals surface area contributed by atoms with Crippen LogP contribution >= 0.6 is 0 Å². The molecule has 0 amide bonds. The van der Waals surface area contributed by atoms with Crippen molar-refractivity contribution in [1.82, 2.24) is 15.0 Å². The number of aryl methyl sites for hydroxylation is 1. The first kappa shape index (κ1) is 21.5. The predicted molar refractivity (Wildman–Crippen MR) is 133 cm³/mol. The number of nitrogens with one attached hydrogen (secondary N) is 2. The van der Waals surface area contributed by atoms with Gasteiger partial charge in [0, 0.05) is 41.4 Å². The fourth-order valence-electron chi connectivity index (χ4n) is 5.49. The first-order valence-electron chi connectivity index (χ1n) is 12.0. The molecule has 1 atom stereocenters. The van der Waals surface area contributed by atoms with Gasteiger partial charge in [0.2, 0.25) is 0 Å². The van der Waals surface area contributed by atoms with Crippen LogP contribution < -0.4 is 5.32 Å². The number of rotatable bonds is 5. The van der Waals surface area contributed by atoms with Gasteiger partial charge >= 0.3 is 0 Å². The third kappa shape index (κ3) is 4.13. The number of anilines is 2. The van der Waals surface area contributed by atoms with E-state index in [1.54, 1.807) is 12.1 Å². The molecule has 2 aromatic carbocycles. The maximum absolute atomic E-state index is 13.7. The predicted octanol–water partition coefficient (Wildman–Crippen LogP) is 6.02. The van der Waals surface area contributed by atoms with Gasteiger partial charge in [0.15, 0.2) is 5.82 Å². The first-order valence-corrected chi connectivity index (χ1v) is 13.3. The van der Waals surface area contributed by atoms with E-state index in [4.69, 9.17) is 9.97 Å². The Morgan fingerprint density at radius 1 is 1.06 bits per heavy atom. The van der Waals surface area contributed by atoms with Gasteiger partial charge in [0.05, 0.1) is 16.5 Å². The van der Waals surface area contributed by atoms with Crippen LogP contribution in [0.5, 0.6) is 0 Å². The molecule has 0 saturated heterocycles. The van der Waals surface area contributed by atoms with E-state index in [1.165, 1.54) is 28.6 Å². The summed E-state index contributed by atoms with van der Waals surface area (Å²) < 4.78 is 26.3. The van der Waals surface area contributed by atoms with Crippen LogP contribution in [0, 0.1) is 11.7 Å². The largest absolute Gasteiger partial charge is 0.361 e. The molecule has 6 rings (SSSR count). The van der Waals surface area contributed by atoms with E-state index in [9.17, 15) is 8.60 Å². The van der Waals surface area contributed by atoms with E-state index in [2.05, 4.69) is 40.8 Å². The zero-order chi connectivity index (χ0) is 23.1. The van der Waals surface area contributed by atoms with Gasteiger partial charge in [-0.25, -0.2) is 14.4 Å². The van der Waals surface area contributed by atoms with Gasteiger partial charge in [-0.15, -0.1) is 0 Å². The molecular weight excluding hydrogens is 447 g/mol. The van der Waals surface area contributed by atoms with Gasteiger partial charge in [-0.05, 0) is 67.3 Å². The Kier molecular flexibility index (Phi) is 5.65. The summed E-state index contributed by atoms with van der Waals surface area (Å²) in [5.41, 5.74) is 4.12. The number of aromatic nitrogens is 3. The second-order valence-electron chi connectivity index (χ2n) is 9.41.